The van der Waals surface area contributed by atoms with Crippen molar-refractivity contribution >= 4 is 23.1 Å². The molecular weight excluding hydrogens is 342 g/mol. The van der Waals surface area contributed by atoms with E-state index < -0.39 is 0 Å². The van der Waals surface area contributed by atoms with Crippen LogP contribution in [0.25, 0.3) is 0 Å². The van der Waals surface area contributed by atoms with Crippen molar-refractivity contribution < 1.29 is 14.3 Å². The molecule has 2 fully saturated rings. The Morgan fingerprint density at radius 2 is 2.15 bits per heavy atom. The number of nitrogens with one attached hydrogen (secondary N) is 1. The Balaban J connectivity index is 1.56. The highest BCUT2D eigenvalue weighted by Gasteiger charge is 2.32. The molecule has 0 aliphatic carbocycles. The average molecular weight is 365 g/mol. The molecule has 1 amide bonds. The molecule has 0 spiro atoms. The third-order valence-corrected chi connectivity index (χ3v) is 5.62. The van der Waals surface area contributed by atoms with Crippen molar-refractivity contribution in [2.45, 2.75) is 37.8 Å². The zero-order chi connectivity index (χ0) is 18.2. The lowest BCUT2D eigenvalue weighted by Crippen LogP contribution is -2.41. The van der Waals surface area contributed by atoms with Gasteiger partial charge in [-0.25, -0.2) is 4.98 Å². The lowest BCUT2D eigenvalue weighted by Gasteiger charge is -2.31. The van der Waals surface area contributed by atoms with Crippen LogP contribution >= 0.6 is 0 Å². The van der Waals surface area contributed by atoms with Crippen LogP contribution in [-0.4, -0.2) is 36.8 Å². The van der Waals surface area contributed by atoms with E-state index in [0.717, 1.165) is 55.2 Å². The zero-order valence-electron chi connectivity index (χ0n) is 15.2. The Labute approximate surface area is 158 Å². The normalized spacial score (nSPS) is 22.1. The van der Waals surface area contributed by atoms with Gasteiger partial charge < -0.3 is 19.7 Å². The smallest absolute Gasteiger partial charge is 0.256 e. The van der Waals surface area contributed by atoms with Gasteiger partial charge in [0.15, 0.2) is 0 Å². The standard InChI is InChI=1S/C21H23N3O3/c25-21(19-5-1-2-9-27-19)24-11-15-4-3-8-22-20(15)23-17-7-6-14(10-18(17)24)16-12-26-13-16/h3-4,6-8,10,16,19H,1-2,5,9,11-13H2,(H,22,23). The zero-order valence-corrected chi connectivity index (χ0v) is 15.2. The number of carbonyl (C=O) groups is 1. The summed E-state index contributed by atoms with van der Waals surface area (Å²) in [5.41, 5.74) is 4.02. The molecule has 1 aromatic carbocycles. The molecule has 0 saturated carbocycles. The van der Waals surface area contributed by atoms with Crippen LogP contribution in [0.5, 0.6) is 0 Å². The second-order valence-corrected chi connectivity index (χ2v) is 7.43. The first-order valence-corrected chi connectivity index (χ1v) is 9.65. The van der Waals surface area contributed by atoms with Crippen molar-refractivity contribution in [3.63, 3.8) is 0 Å². The summed E-state index contributed by atoms with van der Waals surface area (Å²) in [5, 5.41) is 3.42. The number of benzene rings is 1. The number of ether oxygens (including phenoxy) is 2. The fourth-order valence-electron chi connectivity index (χ4n) is 3.93. The predicted molar refractivity (Wildman–Crippen MR) is 102 cm³/mol. The summed E-state index contributed by atoms with van der Waals surface area (Å²) in [4.78, 5) is 19.7. The van der Waals surface area contributed by atoms with E-state index in [1.807, 2.05) is 17.0 Å². The van der Waals surface area contributed by atoms with Crippen LogP contribution in [0.3, 0.4) is 0 Å². The molecule has 5 rings (SSSR count). The maximum absolute atomic E-state index is 13.4. The van der Waals surface area contributed by atoms with E-state index in [1.165, 1.54) is 5.56 Å². The van der Waals surface area contributed by atoms with E-state index in [1.54, 1.807) is 6.20 Å². The number of nitrogens with zero attached hydrogens (tertiary/aromatic N) is 2. The van der Waals surface area contributed by atoms with Gasteiger partial charge in [-0.2, -0.15) is 0 Å². The Morgan fingerprint density at radius 3 is 2.93 bits per heavy atom. The minimum atomic E-state index is -0.361. The Kier molecular flexibility index (Phi) is 4.30. The lowest BCUT2D eigenvalue weighted by molar-refractivity contribution is -0.132. The number of carbonyl (C=O) groups excluding carboxylic acids is 1. The van der Waals surface area contributed by atoms with Crippen molar-refractivity contribution in [1.29, 1.82) is 0 Å². The van der Waals surface area contributed by atoms with Gasteiger partial charge in [0, 0.05) is 24.3 Å². The van der Waals surface area contributed by atoms with E-state index in [2.05, 4.69) is 28.5 Å². The lowest BCUT2D eigenvalue weighted by atomic mass is 9.96. The molecule has 1 atom stereocenters. The van der Waals surface area contributed by atoms with Crippen LogP contribution in [0, 0.1) is 0 Å². The summed E-state index contributed by atoms with van der Waals surface area (Å²) < 4.78 is 11.2. The van der Waals surface area contributed by atoms with Crippen molar-refractivity contribution in [3.05, 3.63) is 47.7 Å². The van der Waals surface area contributed by atoms with Gasteiger partial charge in [0.1, 0.15) is 11.9 Å². The highest BCUT2D eigenvalue weighted by Crippen LogP contribution is 2.38. The number of anilines is 3. The molecule has 0 radical (unpaired) electrons. The summed E-state index contributed by atoms with van der Waals surface area (Å²) in [6.07, 6.45) is 4.26. The topological polar surface area (TPSA) is 63.7 Å². The maximum Gasteiger partial charge on any atom is 0.256 e. The van der Waals surface area contributed by atoms with Crippen molar-refractivity contribution in [2.24, 2.45) is 0 Å². The molecule has 4 heterocycles. The summed E-state index contributed by atoms with van der Waals surface area (Å²) >= 11 is 0. The first-order chi connectivity index (χ1) is 13.3. The van der Waals surface area contributed by atoms with Gasteiger partial charge in [-0.05, 0) is 43.0 Å². The van der Waals surface area contributed by atoms with Gasteiger partial charge in [0.2, 0.25) is 0 Å². The predicted octanol–water partition coefficient (Wildman–Crippen LogP) is 3.35. The van der Waals surface area contributed by atoms with Gasteiger partial charge >= 0.3 is 0 Å². The molecule has 1 aromatic heterocycles. The van der Waals surface area contributed by atoms with Crippen LogP contribution in [0.15, 0.2) is 36.5 Å². The molecule has 1 N–H and O–H groups in total. The molecule has 27 heavy (non-hydrogen) atoms. The first-order valence-electron chi connectivity index (χ1n) is 9.65. The summed E-state index contributed by atoms with van der Waals surface area (Å²) in [7, 11) is 0. The van der Waals surface area contributed by atoms with E-state index in [4.69, 9.17) is 9.47 Å². The first kappa shape index (κ1) is 16.7. The third kappa shape index (κ3) is 3.09. The Bertz CT molecular complexity index is 860. The van der Waals surface area contributed by atoms with E-state index >= 15 is 0 Å². The number of amides is 1. The molecule has 140 valence electrons. The van der Waals surface area contributed by atoms with Gasteiger partial charge in [-0.3, -0.25) is 4.79 Å². The van der Waals surface area contributed by atoms with E-state index in [9.17, 15) is 4.79 Å². The highest BCUT2D eigenvalue weighted by atomic mass is 16.5. The number of aromatic nitrogens is 1. The fourth-order valence-corrected chi connectivity index (χ4v) is 3.93. The van der Waals surface area contributed by atoms with Crippen molar-refractivity contribution in [3.8, 4) is 0 Å². The highest BCUT2D eigenvalue weighted by molar-refractivity contribution is 6.01. The number of fused-ring (bicyclic) bond motifs is 2. The molecule has 6 heteroatoms. The SMILES string of the molecule is O=C(C1CCCCO1)N1Cc2cccnc2Nc2ccc(C3COC3)cc21. The number of rotatable bonds is 2. The Morgan fingerprint density at radius 1 is 1.22 bits per heavy atom. The van der Waals surface area contributed by atoms with Crippen LogP contribution < -0.4 is 10.2 Å². The number of hydrogen-bond acceptors (Lipinski definition) is 5. The molecular formula is C21H23N3O3. The van der Waals surface area contributed by atoms with E-state index in [0.29, 0.717) is 19.1 Å². The molecule has 2 aromatic rings. The molecule has 3 aliphatic heterocycles. The van der Waals surface area contributed by atoms with Gasteiger partial charge in [0.25, 0.3) is 5.91 Å². The molecule has 6 nitrogen and oxygen atoms in total. The van der Waals surface area contributed by atoms with Gasteiger partial charge in [-0.15, -0.1) is 0 Å². The Hall–Kier alpha value is -2.44. The van der Waals surface area contributed by atoms with Gasteiger partial charge in [0.05, 0.1) is 31.1 Å². The second kappa shape index (κ2) is 6.94. The van der Waals surface area contributed by atoms with E-state index in [-0.39, 0.29) is 12.0 Å². The summed E-state index contributed by atoms with van der Waals surface area (Å²) in [6, 6.07) is 10.2. The van der Waals surface area contributed by atoms with Gasteiger partial charge in [-0.1, -0.05) is 12.1 Å². The summed E-state index contributed by atoms with van der Waals surface area (Å²) in [6.45, 7) is 2.64. The second-order valence-electron chi connectivity index (χ2n) is 7.43. The molecule has 0 bridgehead atoms. The molecule has 1 unspecified atom stereocenters. The minimum Gasteiger partial charge on any atom is -0.380 e. The molecule has 3 aliphatic rings. The third-order valence-electron chi connectivity index (χ3n) is 5.62. The van der Waals surface area contributed by atoms with Crippen molar-refractivity contribution in [1.82, 2.24) is 4.98 Å². The fraction of sp³-hybridized carbons (Fsp3) is 0.429. The van der Waals surface area contributed by atoms with Crippen LogP contribution in [0.4, 0.5) is 17.2 Å². The van der Waals surface area contributed by atoms with Crippen molar-refractivity contribution in [2.75, 3.05) is 30.0 Å². The van der Waals surface area contributed by atoms with Crippen LogP contribution in [-0.2, 0) is 20.8 Å². The molecule has 2 saturated heterocycles. The average Bonchev–Trinajstić information content (AvgIpc) is 2.83. The van der Waals surface area contributed by atoms with Crippen LogP contribution in [0.2, 0.25) is 0 Å². The number of pyridine rings is 1. The minimum absolute atomic E-state index is 0.0384. The largest absolute Gasteiger partial charge is 0.380 e. The summed E-state index contributed by atoms with van der Waals surface area (Å²) in [5.74, 6) is 1.25. The maximum atomic E-state index is 13.4. The quantitative estimate of drug-likeness (QED) is 0.884. The van der Waals surface area contributed by atoms with Crippen LogP contribution in [0.1, 0.15) is 36.3 Å². The number of hydrogen-bond donors (Lipinski definition) is 1. The monoisotopic (exact) mass is 365 g/mol.